The SMILES string of the molecule is C/C(=C\C1(C(=O)OCc2cccc(Oc3ccccc3)c2)CC1(C)C)C(=O)O. The van der Waals surface area contributed by atoms with E-state index in [2.05, 4.69) is 0 Å². The molecule has 1 aliphatic rings. The Morgan fingerprint density at radius 3 is 2.32 bits per heavy atom. The van der Waals surface area contributed by atoms with Gasteiger partial charge in [0.15, 0.2) is 0 Å². The van der Waals surface area contributed by atoms with Crippen molar-refractivity contribution < 1.29 is 24.2 Å². The molecule has 0 aliphatic heterocycles. The molecule has 146 valence electrons. The smallest absolute Gasteiger partial charge is 0.330 e. The number of hydrogen-bond donors (Lipinski definition) is 1. The normalized spacial score (nSPS) is 20.3. The Kier molecular flexibility index (Phi) is 5.27. The summed E-state index contributed by atoms with van der Waals surface area (Å²) in [6, 6.07) is 16.8. The van der Waals surface area contributed by atoms with Gasteiger partial charge in [0.2, 0.25) is 0 Å². The van der Waals surface area contributed by atoms with Crippen molar-refractivity contribution in [2.24, 2.45) is 10.8 Å². The summed E-state index contributed by atoms with van der Waals surface area (Å²) in [5.41, 5.74) is -0.248. The third-order valence-electron chi connectivity index (χ3n) is 5.22. The van der Waals surface area contributed by atoms with Crippen molar-refractivity contribution in [2.75, 3.05) is 0 Å². The van der Waals surface area contributed by atoms with Crippen molar-refractivity contribution in [1.82, 2.24) is 0 Å². The number of carbonyl (C=O) groups is 2. The Bertz CT molecular complexity index is 914. The van der Waals surface area contributed by atoms with Crippen molar-refractivity contribution in [3.63, 3.8) is 0 Å². The summed E-state index contributed by atoms with van der Waals surface area (Å²) in [5.74, 6) is -0.0411. The summed E-state index contributed by atoms with van der Waals surface area (Å²) in [6.45, 7) is 5.47. The molecule has 0 aromatic heterocycles. The van der Waals surface area contributed by atoms with Crippen LogP contribution in [-0.4, -0.2) is 17.0 Å². The van der Waals surface area contributed by atoms with Gasteiger partial charge in [0.1, 0.15) is 18.1 Å². The van der Waals surface area contributed by atoms with Crippen LogP contribution in [0.1, 0.15) is 32.8 Å². The number of carboxylic acid groups (broad SMARTS) is 1. The summed E-state index contributed by atoms with van der Waals surface area (Å²) in [5, 5.41) is 9.15. The first kappa shape index (κ1) is 19.7. The number of para-hydroxylation sites is 1. The van der Waals surface area contributed by atoms with Gasteiger partial charge >= 0.3 is 11.9 Å². The first-order chi connectivity index (χ1) is 13.2. The summed E-state index contributed by atoms with van der Waals surface area (Å²) < 4.78 is 11.3. The van der Waals surface area contributed by atoms with Crippen molar-refractivity contribution in [2.45, 2.75) is 33.8 Å². The zero-order valence-corrected chi connectivity index (χ0v) is 16.3. The van der Waals surface area contributed by atoms with Crippen molar-refractivity contribution in [1.29, 1.82) is 0 Å². The van der Waals surface area contributed by atoms with E-state index in [1.54, 1.807) is 0 Å². The molecule has 0 heterocycles. The lowest BCUT2D eigenvalue weighted by Gasteiger charge is -2.16. The largest absolute Gasteiger partial charge is 0.478 e. The van der Waals surface area contributed by atoms with Crippen LogP contribution in [0.5, 0.6) is 11.5 Å². The Morgan fingerprint density at radius 2 is 1.71 bits per heavy atom. The van der Waals surface area contributed by atoms with Crippen LogP contribution in [0.3, 0.4) is 0 Å². The zero-order chi connectivity index (χ0) is 20.4. The van der Waals surface area contributed by atoms with Crippen LogP contribution in [-0.2, 0) is 20.9 Å². The quantitative estimate of drug-likeness (QED) is 0.542. The molecule has 1 fully saturated rings. The van der Waals surface area contributed by atoms with Crippen LogP contribution in [0.4, 0.5) is 0 Å². The molecule has 0 spiro atoms. The van der Waals surface area contributed by atoms with Gasteiger partial charge in [-0.1, -0.05) is 50.3 Å². The van der Waals surface area contributed by atoms with E-state index in [0.717, 1.165) is 11.3 Å². The minimum atomic E-state index is -1.03. The standard InChI is InChI=1S/C23H24O5/c1-16(20(24)25)13-23(15-22(23,2)3)21(26)27-14-17-8-7-11-19(12-17)28-18-9-5-4-6-10-18/h4-13H,14-15H2,1-3H3,(H,24,25)/b16-13+. The third-order valence-corrected chi connectivity index (χ3v) is 5.22. The lowest BCUT2D eigenvalue weighted by atomic mass is 9.93. The number of rotatable bonds is 7. The molecule has 1 unspecified atom stereocenters. The fraction of sp³-hybridized carbons (Fsp3) is 0.304. The number of aliphatic carboxylic acids is 1. The number of ether oxygens (including phenoxy) is 2. The number of esters is 1. The molecule has 5 heteroatoms. The third kappa shape index (κ3) is 4.09. The fourth-order valence-corrected chi connectivity index (χ4v) is 3.34. The molecule has 5 nitrogen and oxygen atoms in total. The first-order valence-electron chi connectivity index (χ1n) is 9.15. The molecule has 1 aliphatic carbocycles. The highest BCUT2D eigenvalue weighted by Gasteiger charge is 2.66. The highest BCUT2D eigenvalue weighted by Crippen LogP contribution is 2.65. The molecule has 1 N–H and O–H groups in total. The zero-order valence-electron chi connectivity index (χ0n) is 16.3. The number of carbonyl (C=O) groups excluding carboxylic acids is 1. The lowest BCUT2D eigenvalue weighted by molar-refractivity contribution is -0.150. The molecule has 2 aromatic carbocycles. The van der Waals surface area contributed by atoms with Crippen LogP contribution in [0, 0.1) is 10.8 Å². The van der Waals surface area contributed by atoms with Crippen LogP contribution < -0.4 is 4.74 Å². The molecule has 3 rings (SSSR count). The predicted octanol–water partition coefficient (Wildman–Crippen LogP) is 4.97. The van der Waals surface area contributed by atoms with Crippen LogP contribution in [0.25, 0.3) is 0 Å². The molecular weight excluding hydrogens is 356 g/mol. The molecule has 0 amide bonds. The molecule has 0 bridgehead atoms. The second kappa shape index (κ2) is 7.50. The summed E-state index contributed by atoms with van der Waals surface area (Å²) in [6.07, 6.45) is 2.10. The van der Waals surface area contributed by atoms with Crippen LogP contribution in [0.15, 0.2) is 66.2 Å². The molecular formula is C23H24O5. The number of carboxylic acids is 1. The first-order valence-corrected chi connectivity index (χ1v) is 9.15. The second-order valence-electron chi connectivity index (χ2n) is 7.80. The van der Waals surface area contributed by atoms with Crippen LogP contribution >= 0.6 is 0 Å². The minimum Gasteiger partial charge on any atom is -0.478 e. The van der Waals surface area contributed by atoms with Crippen molar-refractivity contribution >= 4 is 11.9 Å². The van der Waals surface area contributed by atoms with E-state index < -0.39 is 17.4 Å². The van der Waals surface area contributed by atoms with E-state index in [1.807, 2.05) is 68.4 Å². The molecule has 2 aromatic rings. The monoisotopic (exact) mass is 380 g/mol. The van der Waals surface area contributed by atoms with Gasteiger partial charge in [-0.2, -0.15) is 0 Å². The fourth-order valence-electron chi connectivity index (χ4n) is 3.34. The maximum Gasteiger partial charge on any atom is 0.330 e. The van der Waals surface area contributed by atoms with Crippen molar-refractivity contribution in [3.05, 3.63) is 71.8 Å². The second-order valence-corrected chi connectivity index (χ2v) is 7.80. The van der Waals surface area contributed by atoms with Gasteiger partial charge in [-0.25, -0.2) is 4.79 Å². The van der Waals surface area contributed by atoms with Gasteiger partial charge in [0, 0.05) is 5.57 Å². The maximum atomic E-state index is 12.8. The van der Waals surface area contributed by atoms with Crippen LogP contribution in [0.2, 0.25) is 0 Å². The highest BCUT2D eigenvalue weighted by atomic mass is 16.5. The number of hydrogen-bond acceptors (Lipinski definition) is 4. The summed E-state index contributed by atoms with van der Waals surface area (Å²) in [4.78, 5) is 23.9. The molecule has 0 radical (unpaired) electrons. The van der Waals surface area contributed by atoms with Gasteiger partial charge in [-0.3, -0.25) is 4.79 Å². The summed E-state index contributed by atoms with van der Waals surface area (Å²) in [7, 11) is 0. The Labute approximate surface area is 164 Å². The molecule has 1 atom stereocenters. The highest BCUT2D eigenvalue weighted by molar-refractivity contribution is 5.90. The van der Waals surface area contributed by atoms with Gasteiger partial charge in [-0.05, 0) is 48.6 Å². The topological polar surface area (TPSA) is 72.8 Å². The molecule has 28 heavy (non-hydrogen) atoms. The number of benzene rings is 2. The average Bonchev–Trinajstić information content (AvgIpc) is 3.22. The van der Waals surface area contributed by atoms with E-state index in [0.29, 0.717) is 12.2 Å². The van der Waals surface area contributed by atoms with Gasteiger partial charge in [0.25, 0.3) is 0 Å². The van der Waals surface area contributed by atoms with E-state index >= 15 is 0 Å². The van der Waals surface area contributed by atoms with Crippen molar-refractivity contribution in [3.8, 4) is 11.5 Å². The molecule has 1 saturated carbocycles. The van der Waals surface area contributed by atoms with E-state index in [9.17, 15) is 9.59 Å². The van der Waals surface area contributed by atoms with Gasteiger partial charge < -0.3 is 14.6 Å². The maximum absolute atomic E-state index is 12.8. The van der Waals surface area contributed by atoms with Gasteiger partial charge in [0.05, 0.1) is 5.41 Å². The predicted molar refractivity (Wildman–Crippen MR) is 105 cm³/mol. The van der Waals surface area contributed by atoms with E-state index in [4.69, 9.17) is 14.6 Å². The minimum absolute atomic E-state index is 0.0998. The summed E-state index contributed by atoms with van der Waals surface area (Å²) >= 11 is 0. The van der Waals surface area contributed by atoms with E-state index in [1.165, 1.54) is 13.0 Å². The van der Waals surface area contributed by atoms with Gasteiger partial charge in [-0.15, -0.1) is 0 Å². The Balaban J connectivity index is 1.68. The van der Waals surface area contributed by atoms with E-state index in [-0.39, 0.29) is 17.6 Å². The lowest BCUT2D eigenvalue weighted by Crippen LogP contribution is -2.23. The Morgan fingerprint density at radius 1 is 1.07 bits per heavy atom. The average molecular weight is 380 g/mol. The molecule has 0 saturated heterocycles. The Hall–Kier alpha value is -3.08.